The van der Waals surface area contributed by atoms with Gasteiger partial charge >= 0.3 is 5.97 Å². The van der Waals surface area contributed by atoms with E-state index in [9.17, 15) is 13.2 Å². The van der Waals surface area contributed by atoms with Gasteiger partial charge in [-0.25, -0.2) is 18.2 Å². The van der Waals surface area contributed by atoms with Crippen molar-refractivity contribution in [1.82, 2.24) is 4.98 Å². The van der Waals surface area contributed by atoms with Crippen LogP contribution in [0.25, 0.3) is 0 Å². The van der Waals surface area contributed by atoms with Gasteiger partial charge in [-0.1, -0.05) is 0 Å². The van der Waals surface area contributed by atoms with Crippen LogP contribution in [0.15, 0.2) is 18.3 Å². The van der Waals surface area contributed by atoms with Crippen LogP contribution < -0.4 is 5.32 Å². The van der Waals surface area contributed by atoms with Gasteiger partial charge in [-0.05, 0) is 24.5 Å². The zero-order valence-electron chi connectivity index (χ0n) is 9.67. The van der Waals surface area contributed by atoms with Crippen LogP contribution in [0, 0.1) is 5.92 Å². The van der Waals surface area contributed by atoms with Crippen LogP contribution in [0.5, 0.6) is 0 Å². The number of carbonyl (C=O) groups is 1. The summed E-state index contributed by atoms with van der Waals surface area (Å²) < 4.78 is 22.5. The highest BCUT2D eigenvalue weighted by Crippen LogP contribution is 2.19. The van der Waals surface area contributed by atoms with Gasteiger partial charge in [0.25, 0.3) is 0 Å². The maximum Gasteiger partial charge on any atom is 0.354 e. The van der Waals surface area contributed by atoms with E-state index in [-0.39, 0.29) is 23.1 Å². The molecule has 2 rings (SSSR count). The van der Waals surface area contributed by atoms with E-state index >= 15 is 0 Å². The first kappa shape index (κ1) is 12.8. The van der Waals surface area contributed by atoms with E-state index in [0.717, 1.165) is 0 Å². The fraction of sp³-hybridized carbons (Fsp3) is 0.455. The summed E-state index contributed by atoms with van der Waals surface area (Å²) in [5.74, 6) is -0.464. The highest BCUT2D eigenvalue weighted by atomic mass is 32.2. The molecule has 1 aliphatic rings. The van der Waals surface area contributed by atoms with Crippen LogP contribution in [0.3, 0.4) is 0 Å². The van der Waals surface area contributed by atoms with Crippen LogP contribution in [0.2, 0.25) is 0 Å². The number of hydrogen-bond donors (Lipinski definition) is 2. The molecule has 1 aliphatic heterocycles. The Morgan fingerprint density at radius 2 is 2.28 bits per heavy atom. The molecule has 1 saturated heterocycles. The first-order valence-corrected chi connectivity index (χ1v) is 7.42. The van der Waals surface area contributed by atoms with Gasteiger partial charge in [0, 0.05) is 6.54 Å². The van der Waals surface area contributed by atoms with E-state index in [4.69, 9.17) is 5.11 Å². The van der Waals surface area contributed by atoms with Gasteiger partial charge in [0.2, 0.25) is 0 Å². The number of rotatable bonds is 4. The second-order valence-corrected chi connectivity index (χ2v) is 6.62. The van der Waals surface area contributed by atoms with Gasteiger partial charge in [-0.2, -0.15) is 0 Å². The fourth-order valence-corrected chi connectivity index (χ4v) is 3.78. The molecule has 0 bridgehead atoms. The van der Waals surface area contributed by atoms with Gasteiger partial charge in [-0.3, -0.25) is 0 Å². The molecule has 0 amide bonds. The predicted molar refractivity (Wildman–Crippen MR) is 66.4 cm³/mol. The molecule has 1 unspecified atom stereocenters. The van der Waals surface area contributed by atoms with Crippen molar-refractivity contribution in [1.29, 1.82) is 0 Å². The molecule has 1 aromatic rings. The fourth-order valence-electron chi connectivity index (χ4n) is 1.92. The summed E-state index contributed by atoms with van der Waals surface area (Å²) in [5, 5.41) is 11.8. The maximum absolute atomic E-state index is 11.3. The van der Waals surface area contributed by atoms with E-state index in [1.165, 1.54) is 12.3 Å². The second-order valence-electron chi connectivity index (χ2n) is 4.39. The Hall–Kier alpha value is -1.63. The Bertz CT molecular complexity index is 539. The standard InChI is InChI=1S/C11H14N2O4S/c14-11(15)10-2-1-9(6-13-10)12-5-8-3-4-18(16,17)7-8/h1-2,6,8,12H,3-5,7H2,(H,14,15). The molecular weight excluding hydrogens is 256 g/mol. The lowest BCUT2D eigenvalue weighted by molar-refractivity contribution is 0.0690. The molecule has 0 aliphatic carbocycles. The molecule has 1 atom stereocenters. The molecule has 18 heavy (non-hydrogen) atoms. The Labute approximate surface area is 105 Å². The lowest BCUT2D eigenvalue weighted by atomic mass is 10.1. The van der Waals surface area contributed by atoms with Gasteiger partial charge in [-0.15, -0.1) is 0 Å². The minimum absolute atomic E-state index is 0.0102. The molecule has 0 spiro atoms. The van der Waals surface area contributed by atoms with Crippen LogP contribution in [0.1, 0.15) is 16.9 Å². The minimum Gasteiger partial charge on any atom is -0.477 e. The highest BCUT2D eigenvalue weighted by molar-refractivity contribution is 7.91. The number of pyridine rings is 1. The molecule has 0 radical (unpaired) electrons. The van der Waals surface area contributed by atoms with Crippen molar-refractivity contribution in [2.45, 2.75) is 6.42 Å². The molecule has 0 saturated carbocycles. The molecule has 1 fully saturated rings. The maximum atomic E-state index is 11.3. The summed E-state index contributed by atoms with van der Waals surface area (Å²) in [5.41, 5.74) is 0.688. The largest absolute Gasteiger partial charge is 0.477 e. The van der Waals surface area contributed by atoms with Crippen molar-refractivity contribution in [3.63, 3.8) is 0 Å². The Kier molecular flexibility index (Phi) is 3.51. The average molecular weight is 270 g/mol. The van der Waals surface area contributed by atoms with E-state index in [1.807, 2.05) is 0 Å². The van der Waals surface area contributed by atoms with Crippen LogP contribution in [-0.2, 0) is 9.84 Å². The number of carboxylic acids is 1. The van der Waals surface area contributed by atoms with Crippen LogP contribution in [0.4, 0.5) is 5.69 Å². The first-order valence-electron chi connectivity index (χ1n) is 5.60. The zero-order chi connectivity index (χ0) is 13.2. The molecule has 6 nitrogen and oxygen atoms in total. The van der Waals surface area contributed by atoms with Gasteiger partial charge in [0.05, 0.1) is 23.4 Å². The Balaban J connectivity index is 1.89. The summed E-state index contributed by atoms with van der Waals surface area (Å²) in [6, 6.07) is 3.04. The topological polar surface area (TPSA) is 96.4 Å². The van der Waals surface area contributed by atoms with Crippen molar-refractivity contribution in [3.05, 3.63) is 24.0 Å². The Morgan fingerprint density at radius 3 is 2.78 bits per heavy atom. The molecule has 0 aromatic carbocycles. The van der Waals surface area contributed by atoms with Crippen LogP contribution >= 0.6 is 0 Å². The normalized spacial score (nSPS) is 21.7. The monoisotopic (exact) mass is 270 g/mol. The minimum atomic E-state index is -2.85. The summed E-state index contributed by atoms with van der Waals surface area (Å²) in [4.78, 5) is 14.4. The Morgan fingerprint density at radius 1 is 1.50 bits per heavy atom. The van der Waals surface area contributed by atoms with E-state index in [2.05, 4.69) is 10.3 Å². The van der Waals surface area contributed by atoms with Gasteiger partial charge in [0.15, 0.2) is 9.84 Å². The molecule has 2 N–H and O–H groups in total. The average Bonchev–Trinajstić information content (AvgIpc) is 2.67. The summed E-state index contributed by atoms with van der Waals surface area (Å²) >= 11 is 0. The number of nitrogens with zero attached hydrogens (tertiary/aromatic N) is 1. The number of anilines is 1. The number of nitrogens with one attached hydrogen (secondary N) is 1. The third-order valence-corrected chi connectivity index (χ3v) is 4.74. The molecule has 98 valence electrons. The zero-order valence-corrected chi connectivity index (χ0v) is 10.5. The molecule has 2 heterocycles. The van der Waals surface area contributed by atoms with E-state index in [1.54, 1.807) is 6.07 Å². The molecule has 1 aromatic heterocycles. The van der Waals surface area contributed by atoms with Crippen molar-refractivity contribution in [2.24, 2.45) is 5.92 Å². The number of hydrogen-bond acceptors (Lipinski definition) is 5. The van der Waals surface area contributed by atoms with Crippen molar-refractivity contribution in [3.8, 4) is 0 Å². The number of aromatic nitrogens is 1. The summed E-state index contributed by atoms with van der Waals surface area (Å²) in [6.45, 7) is 0.563. The molecular formula is C11H14N2O4S. The first-order chi connectivity index (χ1) is 8.46. The summed E-state index contributed by atoms with van der Waals surface area (Å²) in [6.07, 6.45) is 2.11. The van der Waals surface area contributed by atoms with Crippen molar-refractivity contribution in [2.75, 3.05) is 23.4 Å². The van der Waals surface area contributed by atoms with E-state index < -0.39 is 15.8 Å². The lowest BCUT2D eigenvalue weighted by Crippen LogP contribution is -2.15. The molecule has 7 heteroatoms. The summed E-state index contributed by atoms with van der Waals surface area (Å²) in [7, 11) is -2.85. The van der Waals surface area contributed by atoms with Crippen molar-refractivity contribution < 1.29 is 18.3 Å². The quantitative estimate of drug-likeness (QED) is 0.833. The number of aromatic carboxylic acids is 1. The van der Waals surface area contributed by atoms with Crippen LogP contribution in [-0.4, -0.2) is 42.5 Å². The van der Waals surface area contributed by atoms with E-state index in [0.29, 0.717) is 18.7 Å². The SMILES string of the molecule is O=C(O)c1ccc(NCC2CCS(=O)(=O)C2)cn1. The highest BCUT2D eigenvalue weighted by Gasteiger charge is 2.27. The van der Waals surface area contributed by atoms with Crippen molar-refractivity contribution >= 4 is 21.5 Å². The third kappa shape index (κ3) is 3.19. The number of sulfone groups is 1. The van der Waals surface area contributed by atoms with Gasteiger partial charge < -0.3 is 10.4 Å². The number of carboxylic acid groups (broad SMARTS) is 1. The predicted octanol–water partition coefficient (Wildman–Crippen LogP) is 0.626. The van der Waals surface area contributed by atoms with Gasteiger partial charge in [0.1, 0.15) is 5.69 Å². The second kappa shape index (κ2) is 4.93. The smallest absolute Gasteiger partial charge is 0.354 e. The lowest BCUT2D eigenvalue weighted by Gasteiger charge is -2.10. The third-order valence-electron chi connectivity index (χ3n) is 2.90.